The molecule has 1 heterocycles. The number of rotatable bonds is 5. The van der Waals surface area contributed by atoms with Crippen molar-refractivity contribution in [3.8, 4) is 0 Å². The summed E-state index contributed by atoms with van der Waals surface area (Å²) in [6.45, 7) is 3.74. The van der Waals surface area contributed by atoms with Gasteiger partial charge in [-0.25, -0.2) is 13.6 Å². The Kier molecular flexibility index (Phi) is 4.22. The van der Waals surface area contributed by atoms with Crippen LogP contribution < -0.4 is 10.5 Å². The Balaban J connectivity index is 2.60. The third-order valence-electron chi connectivity index (χ3n) is 1.71. The molecule has 16 heavy (non-hydrogen) atoms. The van der Waals surface area contributed by atoms with Crippen LogP contribution in [0.5, 0.6) is 0 Å². The van der Waals surface area contributed by atoms with Crippen molar-refractivity contribution in [2.45, 2.75) is 17.2 Å². The van der Waals surface area contributed by atoms with Crippen molar-refractivity contribution in [1.82, 2.24) is 5.32 Å². The van der Waals surface area contributed by atoms with Crippen molar-refractivity contribution in [3.63, 3.8) is 0 Å². The molecule has 0 aliphatic heterocycles. The van der Waals surface area contributed by atoms with E-state index >= 15 is 0 Å². The van der Waals surface area contributed by atoms with Gasteiger partial charge in [0.05, 0.1) is 6.54 Å². The van der Waals surface area contributed by atoms with Crippen molar-refractivity contribution in [3.05, 3.63) is 29.7 Å². The average molecular weight is 260 g/mol. The first-order valence-electron chi connectivity index (χ1n) is 4.42. The molecule has 0 saturated carbocycles. The quantitative estimate of drug-likeness (QED) is 0.759. The lowest BCUT2D eigenvalue weighted by atomic mass is 10.4. The Morgan fingerprint density at radius 1 is 1.56 bits per heavy atom. The third kappa shape index (κ3) is 3.76. The Morgan fingerprint density at radius 2 is 2.25 bits per heavy atom. The van der Waals surface area contributed by atoms with Gasteiger partial charge in [-0.15, -0.1) is 17.9 Å². The van der Waals surface area contributed by atoms with E-state index in [-0.39, 0.29) is 16.5 Å². The number of nitrogens with one attached hydrogen (secondary N) is 1. The van der Waals surface area contributed by atoms with Gasteiger partial charge in [-0.1, -0.05) is 6.08 Å². The number of carbonyl (C=O) groups excluding carboxylic acids is 1. The average Bonchev–Trinajstić information content (AvgIpc) is 2.63. The van der Waals surface area contributed by atoms with Gasteiger partial charge >= 0.3 is 0 Å². The smallest absolute Gasteiger partial charge is 0.247 e. The van der Waals surface area contributed by atoms with Gasteiger partial charge < -0.3 is 5.32 Å². The van der Waals surface area contributed by atoms with Gasteiger partial charge in [0.25, 0.3) is 0 Å². The summed E-state index contributed by atoms with van der Waals surface area (Å²) < 4.78 is 22.0. The molecule has 3 N–H and O–H groups in total. The first-order valence-corrected chi connectivity index (χ1v) is 6.79. The molecule has 7 heteroatoms. The van der Waals surface area contributed by atoms with Gasteiger partial charge in [-0.2, -0.15) is 0 Å². The molecule has 0 atom stereocenters. The third-order valence-corrected chi connectivity index (χ3v) is 4.23. The maximum absolute atomic E-state index is 11.1. The highest BCUT2D eigenvalue weighted by molar-refractivity contribution is 7.91. The monoisotopic (exact) mass is 260 g/mol. The van der Waals surface area contributed by atoms with Crippen molar-refractivity contribution < 1.29 is 13.2 Å². The number of thiophene rings is 1. The highest BCUT2D eigenvalue weighted by Crippen LogP contribution is 2.19. The van der Waals surface area contributed by atoms with E-state index in [1.54, 1.807) is 6.07 Å². The minimum Gasteiger partial charge on any atom is -0.351 e. The zero-order valence-corrected chi connectivity index (χ0v) is 10.1. The molecule has 0 fully saturated rings. The summed E-state index contributed by atoms with van der Waals surface area (Å²) in [4.78, 5) is 11.8. The van der Waals surface area contributed by atoms with E-state index < -0.39 is 10.0 Å². The minimum absolute atomic E-state index is 0.0977. The molecule has 0 aliphatic carbocycles. The molecule has 0 radical (unpaired) electrons. The second kappa shape index (κ2) is 5.24. The highest BCUT2D eigenvalue weighted by Gasteiger charge is 2.11. The zero-order valence-electron chi connectivity index (χ0n) is 8.47. The van der Waals surface area contributed by atoms with E-state index in [0.29, 0.717) is 6.54 Å². The van der Waals surface area contributed by atoms with E-state index in [9.17, 15) is 13.2 Å². The molecule has 0 aliphatic rings. The van der Waals surface area contributed by atoms with Crippen LogP contribution in [0.2, 0.25) is 0 Å². The molecule has 0 aromatic carbocycles. The number of amides is 1. The van der Waals surface area contributed by atoms with Crippen LogP contribution in [-0.2, 0) is 21.4 Å². The standard InChI is InChI=1S/C9H12N2O3S2/c1-2-3-8(12)11-6-7-4-5-9(15-7)16(10,13)14/h2,4-5H,1,3,6H2,(H,11,12)(H2,10,13,14). The Bertz CT molecular complexity index is 491. The largest absolute Gasteiger partial charge is 0.351 e. The van der Waals surface area contributed by atoms with Gasteiger partial charge in [0.15, 0.2) is 0 Å². The molecular formula is C9H12N2O3S2. The Hall–Kier alpha value is -1.18. The molecule has 0 saturated heterocycles. The zero-order chi connectivity index (χ0) is 12.2. The molecular weight excluding hydrogens is 248 g/mol. The fourth-order valence-corrected chi connectivity index (χ4v) is 2.71. The fourth-order valence-electron chi connectivity index (χ4n) is 0.995. The van der Waals surface area contributed by atoms with E-state index in [1.165, 1.54) is 12.1 Å². The van der Waals surface area contributed by atoms with Crippen LogP contribution in [0.25, 0.3) is 0 Å². The summed E-state index contributed by atoms with van der Waals surface area (Å²) in [7, 11) is -3.64. The Morgan fingerprint density at radius 3 is 2.75 bits per heavy atom. The highest BCUT2D eigenvalue weighted by atomic mass is 32.2. The number of primary sulfonamides is 1. The molecule has 88 valence electrons. The van der Waals surface area contributed by atoms with Gasteiger partial charge in [0.1, 0.15) is 4.21 Å². The summed E-state index contributed by atoms with van der Waals surface area (Å²) in [5.74, 6) is -0.152. The SMILES string of the molecule is C=CCC(=O)NCc1ccc(S(N)(=O)=O)s1. The number of hydrogen-bond donors (Lipinski definition) is 2. The van der Waals surface area contributed by atoms with Crippen molar-refractivity contribution in [2.75, 3.05) is 0 Å². The fraction of sp³-hybridized carbons (Fsp3) is 0.222. The summed E-state index contributed by atoms with van der Waals surface area (Å²) in [6, 6.07) is 3.05. The lowest BCUT2D eigenvalue weighted by molar-refractivity contribution is -0.120. The normalized spacial score (nSPS) is 11.1. The molecule has 0 bridgehead atoms. The van der Waals surface area contributed by atoms with Crippen molar-refractivity contribution in [1.29, 1.82) is 0 Å². The first-order chi connectivity index (χ1) is 7.43. The van der Waals surface area contributed by atoms with Crippen LogP contribution in [0.15, 0.2) is 29.0 Å². The summed E-state index contributed by atoms with van der Waals surface area (Å²) in [5, 5.41) is 7.59. The van der Waals surface area contributed by atoms with E-state index in [2.05, 4.69) is 11.9 Å². The van der Waals surface area contributed by atoms with E-state index in [4.69, 9.17) is 5.14 Å². The summed E-state index contributed by atoms with van der Waals surface area (Å²) >= 11 is 1.05. The predicted octanol–water partition coefficient (Wildman–Crippen LogP) is 0.588. The molecule has 0 unspecified atom stereocenters. The van der Waals surface area contributed by atoms with E-state index in [0.717, 1.165) is 16.2 Å². The van der Waals surface area contributed by atoms with Crippen LogP contribution in [0.3, 0.4) is 0 Å². The Labute approximate surface area is 98.0 Å². The van der Waals surface area contributed by atoms with Gasteiger partial charge in [0.2, 0.25) is 15.9 Å². The van der Waals surface area contributed by atoms with Crippen LogP contribution >= 0.6 is 11.3 Å². The topological polar surface area (TPSA) is 89.3 Å². The lowest BCUT2D eigenvalue weighted by Crippen LogP contribution is -2.21. The van der Waals surface area contributed by atoms with Gasteiger partial charge in [0, 0.05) is 11.3 Å². The first kappa shape index (κ1) is 12.9. The molecule has 1 rings (SSSR count). The molecule has 5 nitrogen and oxygen atoms in total. The van der Waals surface area contributed by atoms with E-state index in [1.807, 2.05) is 0 Å². The van der Waals surface area contributed by atoms with Crippen molar-refractivity contribution >= 4 is 27.3 Å². The van der Waals surface area contributed by atoms with Crippen LogP contribution in [0.4, 0.5) is 0 Å². The number of carbonyl (C=O) groups is 1. The van der Waals surface area contributed by atoms with Gasteiger partial charge in [-0.3, -0.25) is 4.79 Å². The molecule has 0 spiro atoms. The predicted molar refractivity (Wildman–Crippen MR) is 62.4 cm³/mol. The minimum atomic E-state index is -3.64. The maximum Gasteiger partial charge on any atom is 0.247 e. The number of sulfonamides is 1. The maximum atomic E-state index is 11.1. The van der Waals surface area contributed by atoms with Crippen LogP contribution in [0.1, 0.15) is 11.3 Å². The van der Waals surface area contributed by atoms with Crippen LogP contribution in [0, 0.1) is 0 Å². The second-order valence-corrected chi connectivity index (χ2v) is 5.99. The van der Waals surface area contributed by atoms with Crippen LogP contribution in [-0.4, -0.2) is 14.3 Å². The molecule has 1 amide bonds. The number of nitrogens with two attached hydrogens (primary N) is 1. The lowest BCUT2D eigenvalue weighted by Gasteiger charge is -1.99. The molecule has 1 aromatic rings. The molecule has 1 aromatic heterocycles. The van der Waals surface area contributed by atoms with Crippen molar-refractivity contribution in [2.24, 2.45) is 5.14 Å². The second-order valence-electron chi connectivity index (χ2n) is 3.04. The summed E-state index contributed by atoms with van der Waals surface area (Å²) in [5.41, 5.74) is 0. The van der Waals surface area contributed by atoms with Gasteiger partial charge in [-0.05, 0) is 12.1 Å². The number of hydrogen-bond acceptors (Lipinski definition) is 4. The summed E-state index contributed by atoms with van der Waals surface area (Å²) in [6.07, 6.45) is 1.74.